The molecule has 1 rings (SSSR count). The average Bonchev–Trinajstić information content (AvgIpc) is 2.19. The lowest BCUT2D eigenvalue weighted by molar-refractivity contribution is -0.117. The average molecular weight is 243 g/mol. The number of hydrogen-bond acceptors (Lipinski definition) is 2. The first-order chi connectivity index (χ1) is 7.41. The van der Waals surface area contributed by atoms with Gasteiger partial charge in [0.25, 0.3) is 0 Å². The quantitative estimate of drug-likeness (QED) is 0.760. The lowest BCUT2D eigenvalue weighted by Crippen LogP contribution is -2.15. The standard InChI is InChI=1S/C12H12ClFO2/c1-7(5-8(2)15)12(16)10-6-9(13)3-4-11(10)14/h3-4,6-7H,5H2,1-2H3. The van der Waals surface area contributed by atoms with Crippen LogP contribution in [0.15, 0.2) is 18.2 Å². The Balaban J connectivity index is 2.95. The van der Waals surface area contributed by atoms with Crippen LogP contribution < -0.4 is 0 Å². The molecule has 86 valence electrons. The van der Waals surface area contributed by atoms with Crippen molar-refractivity contribution < 1.29 is 14.0 Å². The van der Waals surface area contributed by atoms with Crippen LogP contribution >= 0.6 is 11.6 Å². The molecule has 0 amide bonds. The van der Waals surface area contributed by atoms with Crippen LogP contribution in [0.25, 0.3) is 0 Å². The van der Waals surface area contributed by atoms with Crippen molar-refractivity contribution in [2.24, 2.45) is 5.92 Å². The van der Waals surface area contributed by atoms with Crippen LogP contribution in [0.2, 0.25) is 5.02 Å². The molecule has 0 N–H and O–H groups in total. The zero-order chi connectivity index (χ0) is 12.3. The second-order valence-corrected chi connectivity index (χ2v) is 4.23. The summed E-state index contributed by atoms with van der Waals surface area (Å²) < 4.78 is 13.4. The van der Waals surface area contributed by atoms with Crippen molar-refractivity contribution in [3.63, 3.8) is 0 Å². The van der Waals surface area contributed by atoms with E-state index in [-0.39, 0.29) is 17.8 Å². The maximum Gasteiger partial charge on any atom is 0.169 e. The van der Waals surface area contributed by atoms with Crippen LogP contribution in [0.1, 0.15) is 30.6 Å². The number of carbonyl (C=O) groups is 2. The summed E-state index contributed by atoms with van der Waals surface area (Å²) in [5, 5.41) is 0.305. The van der Waals surface area contributed by atoms with Crippen molar-refractivity contribution in [2.75, 3.05) is 0 Å². The van der Waals surface area contributed by atoms with Crippen LogP contribution in [0, 0.1) is 11.7 Å². The fourth-order valence-corrected chi connectivity index (χ4v) is 1.65. The van der Waals surface area contributed by atoms with Gasteiger partial charge in [0.15, 0.2) is 5.78 Å². The molecule has 0 spiro atoms. The Morgan fingerprint density at radius 3 is 2.62 bits per heavy atom. The molecule has 0 aliphatic carbocycles. The molecule has 1 atom stereocenters. The lowest BCUT2D eigenvalue weighted by Gasteiger charge is -2.09. The van der Waals surface area contributed by atoms with Crippen molar-refractivity contribution in [2.45, 2.75) is 20.3 Å². The second kappa shape index (κ2) is 5.21. The summed E-state index contributed by atoms with van der Waals surface area (Å²) in [5.41, 5.74) is -0.0544. The maximum absolute atomic E-state index is 13.4. The highest BCUT2D eigenvalue weighted by Gasteiger charge is 2.20. The Morgan fingerprint density at radius 1 is 1.44 bits per heavy atom. The molecular weight excluding hydrogens is 231 g/mol. The molecule has 0 radical (unpaired) electrons. The fourth-order valence-electron chi connectivity index (χ4n) is 1.48. The van der Waals surface area contributed by atoms with Gasteiger partial charge in [0.2, 0.25) is 0 Å². The Kier molecular flexibility index (Phi) is 4.19. The molecule has 0 heterocycles. The van der Waals surface area contributed by atoms with Crippen LogP contribution in [-0.4, -0.2) is 11.6 Å². The summed E-state index contributed by atoms with van der Waals surface area (Å²) in [6.45, 7) is 3.00. The number of ketones is 2. The largest absolute Gasteiger partial charge is 0.300 e. The molecule has 1 aromatic carbocycles. The molecule has 0 saturated carbocycles. The predicted octanol–water partition coefficient (Wildman–Crippen LogP) is 3.28. The first-order valence-corrected chi connectivity index (χ1v) is 5.28. The molecule has 1 aromatic rings. The van der Waals surface area contributed by atoms with Gasteiger partial charge in [-0.1, -0.05) is 18.5 Å². The summed E-state index contributed by atoms with van der Waals surface area (Å²) in [5.74, 6) is -1.62. The molecular formula is C12H12ClFO2. The minimum Gasteiger partial charge on any atom is -0.300 e. The Morgan fingerprint density at radius 2 is 2.06 bits per heavy atom. The van der Waals surface area contributed by atoms with Crippen molar-refractivity contribution in [3.8, 4) is 0 Å². The van der Waals surface area contributed by atoms with Gasteiger partial charge in [-0.2, -0.15) is 0 Å². The van der Waals surface area contributed by atoms with Gasteiger partial charge in [-0.25, -0.2) is 4.39 Å². The Labute approximate surface area is 98.4 Å². The summed E-state index contributed by atoms with van der Waals surface area (Å²) in [4.78, 5) is 22.7. The van der Waals surface area contributed by atoms with Crippen LogP contribution in [0.5, 0.6) is 0 Å². The summed E-state index contributed by atoms with van der Waals surface area (Å²) in [7, 11) is 0. The monoisotopic (exact) mass is 242 g/mol. The fraction of sp³-hybridized carbons (Fsp3) is 0.333. The van der Waals surface area contributed by atoms with Gasteiger partial charge in [0.05, 0.1) is 5.56 Å². The number of halogens is 2. The number of Topliss-reactive ketones (excluding diaryl/α,β-unsaturated/α-hetero) is 2. The predicted molar refractivity (Wildman–Crippen MR) is 60.2 cm³/mol. The van der Waals surface area contributed by atoms with Gasteiger partial charge in [-0.3, -0.25) is 4.79 Å². The molecule has 0 fully saturated rings. The third-order valence-electron chi connectivity index (χ3n) is 2.24. The number of rotatable bonds is 4. The van der Waals surface area contributed by atoms with E-state index in [9.17, 15) is 14.0 Å². The Hall–Kier alpha value is -1.22. The van der Waals surface area contributed by atoms with Crippen molar-refractivity contribution in [3.05, 3.63) is 34.6 Å². The first kappa shape index (κ1) is 12.8. The van der Waals surface area contributed by atoms with E-state index in [1.807, 2.05) is 0 Å². The molecule has 2 nitrogen and oxygen atoms in total. The molecule has 16 heavy (non-hydrogen) atoms. The first-order valence-electron chi connectivity index (χ1n) is 4.90. The minimum atomic E-state index is -0.607. The smallest absolute Gasteiger partial charge is 0.169 e. The van der Waals surface area contributed by atoms with E-state index in [1.165, 1.54) is 19.1 Å². The van der Waals surface area contributed by atoms with Gasteiger partial charge in [-0.15, -0.1) is 0 Å². The van der Waals surface area contributed by atoms with Gasteiger partial charge in [-0.05, 0) is 25.1 Å². The number of benzene rings is 1. The number of carbonyl (C=O) groups excluding carboxylic acids is 2. The molecule has 0 aliphatic rings. The van der Waals surface area contributed by atoms with Gasteiger partial charge in [0.1, 0.15) is 11.6 Å². The third kappa shape index (κ3) is 3.14. The summed E-state index contributed by atoms with van der Waals surface area (Å²) >= 11 is 5.69. The van der Waals surface area contributed by atoms with Gasteiger partial charge < -0.3 is 4.79 Å². The number of hydrogen-bond donors (Lipinski definition) is 0. The normalized spacial score (nSPS) is 12.2. The van der Waals surface area contributed by atoms with E-state index < -0.39 is 17.5 Å². The van der Waals surface area contributed by atoms with E-state index in [0.717, 1.165) is 6.07 Å². The van der Waals surface area contributed by atoms with Gasteiger partial charge >= 0.3 is 0 Å². The molecule has 1 unspecified atom stereocenters. The molecule has 0 bridgehead atoms. The SMILES string of the molecule is CC(=O)CC(C)C(=O)c1cc(Cl)ccc1F. The highest BCUT2D eigenvalue weighted by Crippen LogP contribution is 2.19. The van der Waals surface area contributed by atoms with E-state index >= 15 is 0 Å². The highest BCUT2D eigenvalue weighted by molar-refractivity contribution is 6.31. The lowest BCUT2D eigenvalue weighted by atomic mass is 9.95. The summed E-state index contributed by atoms with van der Waals surface area (Å²) in [6, 6.07) is 3.81. The summed E-state index contributed by atoms with van der Waals surface area (Å²) in [6.07, 6.45) is 0.116. The van der Waals surface area contributed by atoms with Crippen LogP contribution in [0.4, 0.5) is 4.39 Å². The van der Waals surface area contributed by atoms with E-state index in [1.54, 1.807) is 6.92 Å². The topological polar surface area (TPSA) is 34.1 Å². The third-order valence-corrected chi connectivity index (χ3v) is 2.47. The highest BCUT2D eigenvalue weighted by atomic mass is 35.5. The maximum atomic E-state index is 13.4. The molecule has 0 aliphatic heterocycles. The van der Waals surface area contributed by atoms with E-state index in [2.05, 4.69) is 0 Å². The van der Waals surface area contributed by atoms with Crippen molar-refractivity contribution in [1.82, 2.24) is 0 Å². The molecule has 4 heteroatoms. The van der Waals surface area contributed by atoms with Crippen LogP contribution in [-0.2, 0) is 4.79 Å². The van der Waals surface area contributed by atoms with E-state index in [0.29, 0.717) is 5.02 Å². The zero-order valence-corrected chi connectivity index (χ0v) is 9.84. The zero-order valence-electron chi connectivity index (χ0n) is 9.09. The van der Waals surface area contributed by atoms with Crippen molar-refractivity contribution in [1.29, 1.82) is 0 Å². The van der Waals surface area contributed by atoms with Crippen LogP contribution in [0.3, 0.4) is 0 Å². The Bertz CT molecular complexity index is 429. The molecule has 0 aromatic heterocycles. The van der Waals surface area contributed by atoms with Gasteiger partial charge in [0, 0.05) is 17.4 Å². The van der Waals surface area contributed by atoms with Crippen molar-refractivity contribution >= 4 is 23.2 Å². The molecule has 0 saturated heterocycles. The second-order valence-electron chi connectivity index (χ2n) is 3.80. The minimum absolute atomic E-state index is 0.0544. The van der Waals surface area contributed by atoms with E-state index in [4.69, 9.17) is 11.6 Å².